The molecule has 80 valence electrons. The van der Waals surface area contributed by atoms with Crippen LogP contribution < -0.4 is 0 Å². The van der Waals surface area contributed by atoms with Crippen molar-refractivity contribution in [2.45, 2.75) is 12.4 Å². The summed E-state index contributed by atoms with van der Waals surface area (Å²) in [7, 11) is 0. The average Bonchev–Trinajstić information content (AvgIpc) is 2.76. The molecule has 1 aliphatic heterocycles. The summed E-state index contributed by atoms with van der Waals surface area (Å²) in [5, 5.41) is 0. The molecule has 1 aromatic carbocycles. The van der Waals surface area contributed by atoms with Crippen LogP contribution in [0.2, 0.25) is 0 Å². The molecule has 1 saturated heterocycles. The monoisotopic (exact) mass is 224 g/mol. The number of benzene rings is 1. The fraction of sp³-hybridized carbons (Fsp3) is 0.333. The van der Waals surface area contributed by atoms with Gasteiger partial charge in [0.1, 0.15) is 0 Å². The highest BCUT2D eigenvalue weighted by molar-refractivity contribution is 6.18. The number of hydrogen-bond acceptors (Lipinski definition) is 2. The number of rotatable bonds is 3. The Balaban J connectivity index is 1.90. The summed E-state index contributed by atoms with van der Waals surface area (Å²) >= 11 is 5.66. The highest BCUT2D eigenvalue weighted by atomic mass is 35.5. The lowest BCUT2D eigenvalue weighted by atomic mass is 10.2. The van der Waals surface area contributed by atoms with Gasteiger partial charge in [0.2, 0.25) is 0 Å². The molecule has 1 heterocycles. The minimum Gasteiger partial charge on any atom is -0.346 e. The van der Waals surface area contributed by atoms with Gasteiger partial charge in [-0.25, -0.2) is 0 Å². The first-order chi connectivity index (χ1) is 7.38. The van der Waals surface area contributed by atoms with Crippen molar-refractivity contribution in [2.75, 3.05) is 12.5 Å². The largest absolute Gasteiger partial charge is 0.346 e. The van der Waals surface area contributed by atoms with Crippen molar-refractivity contribution in [2.24, 2.45) is 0 Å². The van der Waals surface area contributed by atoms with Crippen molar-refractivity contribution < 1.29 is 9.47 Å². The third kappa shape index (κ3) is 3.06. The first-order valence-corrected chi connectivity index (χ1v) is 5.48. The average molecular weight is 225 g/mol. The molecule has 0 N–H and O–H groups in total. The molecule has 0 aliphatic carbocycles. The maximum absolute atomic E-state index is 5.66. The summed E-state index contributed by atoms with van der Waals surface area (Å²) in [6, 6.07) is 10.0. The molecule has 0 aromatic heterocycles. The molecule has 1 aromatic rings. The van der Waals surface area contributed by atoms with Crippen molar-refractivity contribution in [3.05, 3.63) is 42.0 Å². The van der Waals surface area contributed by atoms with E-state index in [4.69, 9.17) is 21.1 Å². The Labute approximate surface area is 94.5 Å². The second-order valence-corrected chi connectivity index (χ2v) is 3.69. The van der Waals surface area contributed by atoms with E-state index >= 15 is 0 Å². The fourth-order valence-corrected chi connectivity index (χ4v) is 1.57. The van der Waals surface area contributed by atoms with E-state index in [0.717, 1.165) is 5.56 Å². The van der Waals surface area contributed by atoms with Crippen LogP contribution in [-0.2, 0) is 9.47 Å². The zero-order chi connectivity index (χ0) is 10.5. The van der Waals surface area contributed by atoms with Gasteiger partial charge in [-0.15, -0.1) is 11.6 Å². The van der Waals surface area contributed by atoms with E-state index in [9.17, 15) is 0 Å². The van der Waals surface area contributed by atoms with Crippen molar-refractivity contribution in [3.8, 4) is 0 Å². The maximum atomic E-state index is 5.66. The lowest BCUT2D eigenvalue weighted by molar-refractivity contribution is -0.0149. The smallest absolute Gasteiger partial charge is 0.177 e. The third-order valence-corrected chi connectivity index (χ3v) is 2.53. The molecule has 1 fully saturated rings. The van der Waals surface area contributed by atoms with E-state index in [1.54, 1.807) is 0 Å². The van der Waals surface area contributed by atoms with Gasteiger partial charge in [-0.1, -0.05) is 36.4 Å². The molecule has 0 unspecified atom stereocenters. The molecule has 0 amide bonds. The van der Waals surface area contributed by atoms with E-state index in [-0.39, 0.29) is 12.4 Å². The minimum absolute atomic E-state index is 0.0251. The zero-order valence-corrected chi connectivity index (χ0v) is 9.06. The van der Waals surface area contributed by atoms with E-state index in [0.29, 0.717) is 12.5 Å². The predicted octanol–water partition coefficient (Wildman–Crippen LogP) is 2.68. The lowest BCUT2D eigenvalue weighted by Crippen LogP contribution is -2.12. The van der Waals surface area contributed by atoms with Gasteiger partial charge >= 0.3 is 0 Å². The molecule has 0 radical (unpaired) electrons. The summed E-state index contributed by atoms with van der Waals surface area (Å²) < 4.78 is 10.9. The Bertz CT molecular complexity index is 324. The van der Waals surface area contributed by atoms with Gasteiger partial charge in [0.25, 0.3) is 0 Å². The van der Waals surface area contributed by atoms with Gasteiger partial charge in [0, 0.05) is 0 Å². The highest BCUT2D eigenvalue weighted by Gasteiger charge is 2.22. The molecular weight excluding hydrogens is 212 g/mol. The Morgan fingerprint density at radius 3 is 2.80 bits per heavy atom. The first kappa shape index (κ1) is 10.7. The van der Waals surface area contributed by atoms with Crippen LogP contribution in [0.5, 0.6) is 0 Å². The zero-order valence-electron chi connectivity index (χ0n) is 8.30. The second-order valence-electron chi connectivity index (χ2n) is 3.38. The maximum Gasteiger partial charge on any atom is 0.177 e. The number of hydrogen-bond donors (Lipinski definition) is 0. The SMILES string of the molecule is ClC[C@H]1CO[C@H](/C=C\c2ccccc2)O1. The molecule has 2 nitrogen and oxygen atoms in total. The van der Waals surface area contributed by atoms with Crippen molar-refractivity contribution in [3.63, 3.8) is 0 Å². The standard InChI is InChI=1S/C12H13ClO2/c13-8-11-9-14-12(15-11)7-6-10-4-2-1-3-5-10/h1-7,11-12H,8-9H2/b7-6-/t11-,12-/m0/s1. The van der Waals surface area contributed by atoms with Crippen LogP contribution in [0.1, 0.15) is 5.56 Å². The second kappa shape index (κ2) is 5.31. The lowest BCUT2D eigenvalue weighted by Gasteiger charge is -2.04. The van der Waals surface area contributed by atoms with E-state index in [1.165, 1.54) is 0 Å². The summed E-state index contributed by atoms with van der Waals surface area (Å²) in [6.07, 6.45) is 3.66. The van der Waals surface area contributed by atoms with Gasteiger partial charge in [-0.05, 0) is 11.6 Å². The molecule has 3 heteroatoms. The minimum atomic E-state index is -0.256. The number of halogens is 1. The summed E-state index contributed by atoms with van der Waals surface area (Å²) in [6.45, 7) is 0.577. The Morgan fingerprint density at radius 2 is 2.13 bits per heavy atom. The molecule has 0 spiro atoms. The molecular formula is C12H13ClO2. The molecule has 0 bridgehead atoms. The van der Waals surface area contributed by atoms with E-state index in [1.807, 2.05) is 42.5 Å². The van der Waals surface area contributed by atoms with Crippen LogP contribution in [0.15, 0.2) is 36.4 Å². The summed E-state index contributed by atoms with van der Waals surface area (Å²) in [4.78, 5) is 0. The fourth-order valence-electron chi connectivity index (χ4n) is 1.41. The Kier molecular flexibility index (Phi) is 3.78. The van der Waals surface area contributed by atoms with Gasteiger partial charge in [0.15, 0.2) is 6.29 Å². The van der Waals surface area contributed by atoms with Crippen molar-refractivity contribution in [1.29, 1.82) is 0 Å². The molecule has 2 atom stereocenters. The van der Waals surface area contributed by atoms with E-state index in [2.05, 4.69) is 0 Å². The van der Waals surface area contributed by atoms with Crippen molar-refractivity contribution in [1.82, 2.24) is 0 Å². The van der Waals surface area contributed by atoms with Gasteiger partial charge in [0.05, 0.1) is 18.6 Å². The summed E-state index contributed by atoms with van der Waals surface area (Å²) in [5.74, 6) is 0.482. The quantitative estimate of drug-likeness (QED) is 0.735. The topological polar surface area (TPSA) is 18.5 Å². The molecule has 15 heavy (non-hydrogen) atoms. The van der Waals surface area contributed by atoms with Crippen LogP contribution in [0.3, 0.4) is 0 Å². The van der Waals surface area contributed by atoms with E-state index < -0.39 is 0 Å². The Hall–Kier alpha value is -0.830. The van der Waals surface area contributed by atoms with Gasteiger partial charge < -0.3 is 9.47 Å². The van der Waals surface area contributed by atoms with Crippen molar-refractivity contribution >= 4 is 17.7 Å². The third-order valence-electron chi connectivity index (χ3n) is 2.19. The number of alkyl halides is 1. The number of ether oxygens (including phenoxy) is 2. The van der Waals surface area contributed by atoms with Crippen LogP contribution in [0.4, 0.5) is 0 Å². The first-order valence-electron chi connectivity index (χ1n) is 4.95. The predicted molar refractivity (Wildman–Crippen MR) is 60.8 cm³/mol. The molecule has 1 aliphatic rings. The summed E-state index contributed by atoms with van der Waals surface area (Å²) in [5.41, 5.74) is 1.14. The van der Waals surface area contributed by atoms with Crippen LogP contribution in [0.25, 0.3) is 6.08 Å². The van der Waals surface area contributed by atoms with Gasteiger partial charge in [-0.2, -0.15) is 0 Å². The molecule has 0 saturated carbocycles. The Morgan fingerprint density at radius 1 is 1.33 bits per heavy atom. The van der Waals surface area contributed by atoms with Crippen LogP contribution in [-0.4, -0.2) is 24.9 Å². The normalized spacial score (nSPS) is 26.2. The van der Waals surface area contributed by atoms with Gasteiger partial charge in [-0.3, -0.25) is 0 Å². The highest BCUT2D eigenvalue weighted by Crippen LogP contribution is 2.15. The molecule has 2 rings (SSSR count). The van der Waals surface area contributed by atoms with Crippen LogP contribution >= 0.6 is 11.6 Å². The van der Waals surface area contributed by atoms with Crippen LogP contribution in [0, 0.1) is 0 Å².